The van der Waals surface area contributed by atoms with Crippen molar-refractivity contribution < 1.29 is 4.79 Å². The number of amides is 1. The summed E-state index contributed by atoms with van der Waals surface area (Å²) in [5.41, 5.74) is 8.47. The topological polar surface area (TPSA) is 62.5 Å². The molecule has 6 heteroatoms. The van der Waals surface area contributed by atoms with E-state index in [1.54, 1.807) is 11.3 Å². The Kier molecular flexibility index (Phi) is 4.63. The van der Waals surface area contributed by atoms with Crippen LogP contribution in [-0.2, 0) is 6.54 Å². The number of nitrogens with two attached hydrogens (primary N) is 1. The van der Waals surface area contributed by atoms with E-state index in [4.69, 9.17) is 5.73 Å². The van der Waals surface area contributed by atoms with Crippen LogP contribution in [0.2, 0.25) is 0 Å². The molecule has 1 aliphatic rings. The molecule has 122 valence electrons. The number of rotatable bonds is 3. The summed E-state index contributed by atoms with van der Waals surface area (Å²) in [7, 11) is 0. The molecule has 1 aliphatic heterocycles. The molecule has 0 bridgehead atoms. The molecule has 2 aromatic rings. The smallest absolute Gasteiger partial charge is 0.253 e. The van der Waals surface area contributed by atoms with Gasteiger partial charge in [-0.2, -0.15) is 0 Å². The van der Waals surface area contributed by atoms with Crippen LogP contribution in [0.3, 0.4) is 0 Å². The number of aromatic nitrogens is 1. The molecule has 0 atom stereocenters. The lowest BCUT2D eigenvalue weighted by Gasteiger charge is -2.34. The minimum atomic E-state index is 0.0970. The zero-order chi connectivity index (χ0) is 16.4. The van der Waals surface area contributed by atoms with Crippen LogP contribution in [0.5, 0.6) is 0 Å². The van der Waals surface area contributed by atoms with Crippen molar-refractivity contribution in [2.45, 2.75) is 20.4 Å². The van der Waals surface area contributed by atoms with E-state index >= 15 is 0 Å². The first kappa shape index (κ1) is 16.0. The molecular weight excluding hydrogens is 308 g/mol. The Hall–Kier alpha value is -1.92. The van der Waals surface area contributed by atoms with Crippen LogP contribution < -0.4 is 10.6 Å². The molecule has 3 rings (SSSR count). The van der Waals surface area contributed by atoms with E-state index < -0.39 is 0 Å². The molecule has 23 heavy (non-hydrogen) atoms. The Bertz CT molecular complexity index is 668. The lowest BCUT2D eigenvalue weighted by Crippen LogP contribution is -2.48. The number of aryl methyl sites for hydroxylation is 2. The highest BCUT2D eigenvalue weighted by Gasteiger charge is 2.23. The predicted molar refractivity (Wildman–Crippen MR) is 94.0 cm³/mol. The quantitative estimate of drug-likeness (QED) is 0.937. The van der Waals surface area contributed by atoms with Gasteiger partial charge >= 0.3 is 0 Å². The zero-order valence-electron chi connectivity index (χ0n) is 13.6. The SMILES string of the molecule is Cc1nc(N2CCN(C(=O)c3ccc(CN)cc3)CC2)sc1C. The molecule has 1 aromatic carbocycles. The average Bonchev–Trinajstić information content (AvgIpc) is 2.93. The van der Waals surface area contributed by atoms with Gasteiger partial charge in [-0.3, -0.25) is 4.79 Å². The predicted octanol–water partition coefficient (Wildman–Crippen LogP) is 2.18. The van der Waals surface area contributed by atoms with Gasteiger partial charge in [-0.05, 0) is 31.5 Å². The fraction of sp³-hybridized carbons (Fsp3) is 0.412. The third-order valence-corrected chi connectivity index (χ3v) is 5.42. The van der Waals surface area contributed by atoms with Crippen molar-refractivity contribution in [2.75, 3.05) is 31.1 Å². The maximum atomic E-state index is 12.6. The molecule has 0 aliphatic carbocycles. The Morgan fingerprint density at radius 1 is 1.17 bits per heavy atom. The van der Waals surface area contributed by atoms with E-state index in [0.29, 0.717) is 6.54 Å². The molecule has 0 spiro atoms. The van der Waals surface area contributed by atoms with Gasteiger partial charge in [0.05, 0.1) is 5.69 Å². The third kappa shape index (κ3) is 3.38. The summed E-state index contributed by atoms with van der Waals surface area (Å²) < 4.78 is 0. The number of carbonyl (C=O) groups is 1. The Morgan fingerprint density at radius 2 is 1.83 bits per heavy atom. The molecule has 1 aromatic heterocycles. The van der Waals surface area contributed by atoms with Gasteiger partial charge in [0.25, 0.3) is 5.91 Å². The van der Waals surface area contributed by atoms with Crippen LogP contribution in [0.1, 0.15) is 26.5 Å². The monoisotopic (exact) mass is 330 g/mol. The van der Waals surface area contributed by atoms with Gasteiger partial charge in [-0.25, -0.2) is 4.98 Å². The largest absolute Gasteiger partial charge is 0.345 e. The number of hydrogen-bond donors (Lipinski definition) is 1. The van der Waals surface area contributed by atoms with Gasteiger partial charge in [0, 0.05) is 43.2 Å². The molecule has 0 unspecified atom stereocenters. The first-order valence-electron chi connectivity index (χ1n) is 7.85. The Morgan fingerprint density at radius 3 is 2.35 bits per heavy atom. The van der Waals surface area contributed by atoms with Gasteiger partial charge in [-0.15, -0.1) is 11.3 Å². The second-order valence-corrected chi connectivity index (χ2v) is 7.00. The Labute approximate surface area is 140 Å². The van der Waals surface area contributed by atoms with E-state index in [9.17, 15) is 4.79 Å². The molecule has 5 nitrogen and oxygen atoms in total. The standard InChI is InChI=1S/C17H22N4OS/c1-12-13(2)23-17(19-12)21-9-7-20(8-10-21)16(22)15-5-3-14(11-18)4-6-15/h3-6H,7-11,18H2,1-2H3. The molecule has 2 heterocycles. The summed E-state index contributed by atoms with van der Waals surface area (Å²) >= 11 is 1.73. The lowest BCUT2D eigenvalue weighted by atomic mass is 10.1. The van der Waals surface area contributed by atoms with Crippen molar-refractivity contribution in [1.29, 1.82) is 0 Å². The average molecular weight is 330 g/mol. The second kappa shape index (κ2) is 6.68. The number of carbonyl (C=O) groups excluding carboxylic acids is 1. The van der Waals surface area contributed by atoms with E-state index in [2.05, 4.69) is 16.8 Å². The second-order valence-electron chi connectivity index (χ2n) is 5.82. The van der Waals surface area contributed by atoms with Crippen LogP contribution in [0.25, 0.3) is 0 Å². The fourth-order valence-corrected chi connectivity index (χ4v) is 3.62. The highest BCUT2D eigenvalue weighted by atomic mass is 32.1. The van der Waals surface area contributed by atoms with Crippen molar-refractivity contribution in [3.8, 4) is 0 Å². The van der Waals surface area contributed by atoms with Crippen molar-refractivity contribution >= 4 is 22.4 Å². The molecule has 1 saturated heterocycles. The van der Waals surface area contributed by atoms with Gasteiger partial charge in [0.15, 0.2) is 5.13 Å². The molecule has 0 saturated carbocycles. The van der Waals surface area contributed by atoms with Gasteiger partial charge in [0.2, 0.25) is 0 Å². The number of piperazine rings is 1. The number of hydrogen-bond acceptors (Lipinski definition) is 5. The van der Waals surface area contributed by atoms with E-state index in [-0.39, 0.29) is 5.91 Å². The van der Waals surface area contributed by atoms with Crippen LogP contribution in [0.15, 0.2) is 24.3 Å². The minimum absolute atomic E-state index is 0.0970. The Balaban J connectivity index is 1.62. The number of nitrogens with zero attached hydrogens (tertiary/aromatic N) is 3. The highest BCUT2D eigenvalue weighted by Crippen LogP contribution is 2.26. The summed E-state index contributed by atoms with van der Waals surface area (Å²) in [6.45, 7) is 7.77. The van der Waals surface area contributed by atoms with E-state index in [1.165, 1.54) is 4.88 Å². The summed E-state index contributed by atoms with van der Waals surface area (Å²) in [5, 5.41) is 1.07. The van der Waals surface area contributed by atoms with Crippen molar-refractivity contribution in [3.05, 3.63) is 46.0 Å². The molecule has 0 radical (unpaired) electrons. The number of benzene rings is 1. The lowest BCUT2D eigenvalue weighted by molar-refractivity contribution is 0.0746. The van der Waals surface area contributed by atoms with Crippen LogP contribution in [-0.4, -0.2) is 42.0 Å². The maximum Gasteiger partial charge on any atom is 0.253 e. The van der Waals surface area contributed by atoms with Crippen LogP contribution >= 0.6 is 11.3 Å². The molecular formula is C17H22N4OS. The van der Waals surface area contributed by atoms with Gasteiger partial charge < -0.3 is 15.5 Å². The minimum Gasteiger partial charge on any atom is -0.345 e. The van der Waals surface area contributed by atoms with Crippen molar-refractivity contribution in [2.24, 2.45) is 5.73 Å². The van der Waals surface area contributed by atoms with Crippen molar-refractivity contribution in [1.82, 2.24) is 9.88 Å². The normalized spacial score (nSPS) is 15.1. The van der Waals surface area contributed by atoms with Crippen molar-refractivity contribution in [3.63, 3.8) is 0 Å². The van der Waals surface area contributed by atoms with E-state index in [1.807, 2.05) is 36.1 Å². The zero-order valence-corrected chi connectivity index (χ0v) is 14.4. The maximum absolute atomic E-state index is 12.6. The third-order valence-electron chi connectivity index (χ3n) is 4.29. The first-order valence-corrected chi connectivity index (χ1v) is 8.67. The van der Waals surface area contributed by atoms with E-state index in [0.717, 1.165) is 48.1 Å². The number of anilines is 1. The van der Waals surface area contributed by atoms with Gasteiger partial charge in [-0.1, -0.05) is 12.1 Å². The summed E-state index contributed by atoms with van der Waals surface area (Å²) in [4.78, 5) is 22.6. The van der Waals surface area contributed by atoms with Crippen LogP contribution in [0.4, 0.5) is 5.13 Å². The summed E-state index contributed by atoms with van der Waals surface area (Å²) in [5.74, 6) is 0.0970. The summed E-state index contributed by atoms with van der Waals surface area (Å²) in [6, 6.07) is 7.57. The molecule has 1 amide bonds. The highest BCUT2D eigenvalue weighted by molar-refractivity contribution is 7.15. The van der Waals surface area contributed by atoms with Crippen LogP contribution in [0, 0.1) is 13.8 Å². The molecule has 2 N–H and O–H groups in total. The first-order chi connectivity index (χ1) is 11.1. The molecule has 1 fully saturated rings. The summed E-state index contributed by atoms with van der Waals surface area (Å²) in [6.07, 6.45) is 0. The number of thiazole rings is 1. The van der Waals surface area contributed by atoms with Gasteiger partial charge in [0.1, 0.15) is 0 Å². The fourth-order valence-electron chi connectivity index (χ4n) is 2.66.